The van der Waals surface area contributed by atoms with Crippen LogP contribution >= 0.6 is 0 Å². The first-order valence-electron chi connectivity index (χ1n) is 10.2. The minimum atomic E-state index is -0.281. The Morgan fingerprint density at radius 3 is 2.13 bits per heavy atom. The Balaban J connectivity index is 1.81. The predicted octanol–water partition coefficient (Wildman–Crippen LogP) is -0.100. The minimum Gasteiger partial charge on any atom is -0.469 e. The standard InChI is InChI=1S/C21H30N4O5/c1-4-25(20(28)14-24-11-9-16(10-12-24)21(29)30-3)13-19(27)23-18-7-5-17(6-8-18)22-15(2)26/h5-8,16H,4,9-14H2,1-3H3,(H,22,26)(H,23,27)/p+1. The van der Waals surface area contributed by atoms with Crippen molar-refractivity contribution in [3.05, 3.63) is 24.3 Å². The van der Waals surface area contributed by atoms with Crippen LogP contribution in [0.1, 0.15) is 26.7 Å². The van der Waals surface area contributed by atoms with Gasteiger partial charge in [0.1, 0.15) is 6.54 Å². The number of ether oxygens (including phenoxy) is 1. The van der Waals surface area contributed by atoms with E-state index in [0.717, 1.165) is 18.0 Å². The lowest BCUT2D eigenvalue weighted by Crippen LogP contribution is -3.14. The molecule has 30 heavy (non-hydrogen) atoms. The number of likely N-dealkylation sites (N-methyl/N-ethyl adjacent to an activating group) is 1. The molecule has 1 aromatic carbocycles. The molecule has 1 aliphatic heterocycles. The average molecular weight is 420 g/mol. The molecule has 9 nitrogen and oxygen atoms in total. The van der Waals surface area contributed by atoms with Crippen LogP contribution in [0, 0.1) is 5.92 Å². The molecule has 3 amide bonds. The molecule has 0 unspecified atom stereocenters. The van der Waals surface area contributed by atoms with Crippen molar-refractivity contribution in [1.82, 2.24) is 4.90 Å². The fourth-order valence-electron chi connectivity index (χ4n) is 3.52. The van der Waals surface area contributed by atoms with Gasteiger partial charge in [-0.15, -0.1) is 0 Å². The molecule has 0 bridgehead atoms. The number of likely N-dealkylation sites (tertiary alicyclic amines) is 1. The number of benzene rings is 1. The molecule has 0 radical (unpaired) electrons. The first kappa shape index (κ1) is 23.3. The minimum absolute atomic E-state index is 0.0269. The predicted molar refractivity (Wildman–Crippen MR) is 112 cm³/mol. The Morgan fingerprint density at radius 1 is 1.07 bits per heavy atom. The molecule has 0 aliphatic carbocycles. The highest BCUT2D eigenvalue weighted by atomic mass is 16.5. The summed E-state index contributed by atoms with van der Waals surface area (Å²) in [5.74, 6) is -0.797. The summed E-state index contributed by atoms with van der Waals surface area (Å²) in [6.07, 6.45) is 1.41. The van der Waals surface area contributed by atoms with Gasteiger partial charge in [0.2, 0.25) is 11.8 Å². The molecule has 0 saturated carbocycles. The first-order valence-corrected chi connectivity index (χ1v) is 10.2. The van der Waals surface area contributed by atoms with E-state index in [1.807, 2.05) is 6.92 Å². The molecule has 164 valence electrons. The van der Waals surface area contributed by atoms with Crippen molar-refractivity contribution in [2.24, 2.45) is 5.92 Å². The molecule has 0 aromatic heterocycles. The van der Waals surface area contributed by atoms with Gasteiger partial charge in [0.05, 0.1) is 26.1 Å². The van der Waals surface area contributed by atoms with E-state index in [-0.39, 0.29) is 36.2 Å². The topological polar surface area (TPSA) is 109 Å². The third-order valence-corrected chi connectivity index (χ3v) is 5.19. The maximum absolute atomic E-state index is 12.6. The van der Waals surface area contributed by atoms with Gasteiger partial charge in [0.15, 0.2) is 6.54 Å². The SMILES string of the molecule is CCN(CC(=O)Nc1ccc(NC(C)=O)cc1)C(=O)C[NH+]1CCC(C(=O)OC)CC1. The highest BCUT2D eigenvalue weighted by molar-refractivity contribution is 5.95. The summed E-state index contributed by atoms with van der Waals surface area (Å²) in [5, 5.41) is 5.43. The number of anilines is 2. The highest BCUT2D eigenvalue weighted by Crippen LogP contribution is 2.13. The largest absolute Gasteiger partial charge is 0.469 e. The number of nitrogens with one attached hydrogen (secondary N) is 3. The van der Waals surface area contributed by atoms with E-state index in [2.05, 4.69) is 10.6 Å². The first-order chi connectivity index (χ1) is 14.3. The van der Waals surface area contributed by atoms with Crippen molar-refractivity contribution >= 4 is 35.1 Å². The Morgan fingerprint density at radius 2 is 1.63 bits per heavy atom. The van der Waals surface area contributed by atoms with E-state index >= 15 is 0 Å². The lowest BCUT2D eigenvalue weighted by molar-refractivity contribution is -0.898. The van der Waals surface area contributed by atoms with Crippen molar-refractivity contribution in [3.8, 4) is 0 Å². The lowest BCUT2D eigenvalue weighted by atomic mass is 9.97. The Bertz CT molecular complexity index is 757. The molecule has 0 atom stereocenters. The Hall–Kier alpha value is -2.94. The van der Waals surface area contributed by atoms with Crippen LogP contribution in [-0.4, -0.2) is 68.4 Å². The number of amides is 3. The monoisotopic (exact) mass is 419 g/mol. The normalized spacial score (nSPS) is 18.2. The number of methoxy groups -OCH3 is 1. The second-order valence-corrected chi connectivity index (χ2v) is 7.44. The van der Waals surface area contributed by atoms with Crippen LogP contribution in [0.15, 0.2) is 24.3 Å². The summed E-state index contributed by atoms with van der Waals surface area (Å²) in [6.45, 7) is 5.44. The zero-order chi connectivity index (χ0) is 22.1. The maximum Gasteiger partial charge on any atom is 0.309 e. The van der Waals surface area contributed by atoms with Gasteiger partial charge in [-0.25, -0.2) is 0 Å². The van der Waals surface area contributed by atoms with Crippen LogP contribution in [0.25, 0.3) is 0 Å². The number of esters is 1. The van der Waals surface area contributed by atoms with E-state index in [1.165, 1.54) is 18.9 Å². The number of hydrogen-bond acceptors (Lipinski definition) is 5. The fraction of sp³-hybridized carbons (Fsp3) is 0.524. The Kier molecular flexibility index (Phi) is 8.79. The molecule has 9 heteroatoms. The van der Waals surface area contributed by atoms with Crippen LogP contribution in [-0.2, 0) is 23.9 Å². The quantitative estimate of drug-likeness (QED) is 0.510. The molecule has 1 fully saturated rings. The van der Waals surface area contributed by atoms with E-state index in [9.17, 15) is 19.2 Å². The molecule has 3 N–H and O–H groups in total. The van der Waals surface area contributed by atoms with Crippen LogP contribution < -0.4 is 15.5 Å². The van der Waals surface area contributed by atoms with Gasteiger partial charge in [-0.2, -0.15) is 0 Å². The van der Waals surface area contributed by atoms with E-state index in [0.29, 0.717) is 37.3 Å². The summed E-state index contributed by atoms with van der Waals surface area (Å²) < 4.78 is 4.79. The molecular weight excluding hydrogens is 388 g/mol. The van der Waals surface area contributed by atoms with E-state index in [4.69, 9.17) is 4.74 Å². The molecule has 1 aliphatic rings. The van der Waals surface area contributed by atoms with Crippen molar-refractivity contribution in [2.45, 2.75) is 26.7 Å². The average Bonchev–Trinajstić information content (AvgIpc) is 2.73. The number of carbonyl (C=O) groups is 4. The van der Waals surface area contributed by atoms with Crippen LogP contribution in [0.5, 0.6) is 0 Å². The maximum atomic E-state index is 12.6. The highest BCUT2D eigenvalue weighted by Gasteiger charge is 2.30. The molecule has 1 aromatic rings. The molecule has 1 heterocycles. The fourth-order valence-corrected chi connectivity index (χ4v) is 3.52. The van der Waals surface area contributed by atoms with Crippen LogP contribution in [0.4, 0.5) is 11.4 Å². The van der Waals surface area contributed by atoms with Crippen LogP contribution in [0.2, 0.25) is 0 Å². The van der Waals surface area contributed by atoms with Gasteiger partial charge in [0, 0.05) is 37.7 Å². The second-order valence-electron chi connectivity index (χ2n) is 7.44. The van der Waals surface area contributed by atoms with Crippen molar-refractivity contribution in [2.75, 3.05) is 50.5 Å². The third-order valence-electron chi connectivity index (χ3n) is 5.19. The summed E-state index contributed by atoms with van der Waals surface area (Å²) >= 11 is 0. The van der Waals surface area contributed by atoms with Crippen molar-refractivity contribution < 1.29 is 28.8 Å². The third kappa shape index (κ3) is 7.14. The number of piperidine rings is 1. The van der Waals surface area contributed by atoms with Gasteiger partial charge in [-0.1, -0.05) is 0 Å². The number of hydrogen-bond donors (Lipinski definition) is 3. The van der Waals surface area contributed by atoms with Gasteiger partial charge >= 0.3 is 5.97 Å². The second kappa shape index (κ2) is 11.3. The van der Waals surface area contributed by atoms with Crippen molar-refractivity contribution in [1.29, 1.82) is 0 Å². The number of rotatable bonds is 8. The summed E-state index contributed by atoms with van der Waals surface area (Å²) in [7, 11) is 1.40. The lowest BCUT2D eigenvalue weighted by Gasteiger charge is -2.29. The van der Waals surface area contributed by atoms with Gasteiger partial charge in [-0.05, 0) is 31.2 Å². The zero-order valence-corrected chi connectivity index (χ0v) is 17.8. The molecular formula is C21H31N4O5+. The zero-order valence-electron chi connectivity index (χ0n) is 17.8. The number of carbonyl (C=O) groups excluding carboxylic acids is 4. The Labute approximate surface area is 176 Å². The molecule has 1 saturated heterocycles. The molecule has 0 spiro atoms. The van der Waals surface area contributed by atoms with E-state index < -0.39 is 0 Å². The summed E-state index contributed by atoms with van der Waals surface area (Å²) in [4.78, 5) is 50.3. The van der Waals surface area contributed by atoms with Crippen LogP contribution in [0.3, 0.4) is 0 Å². The van der Waals surface area contributed by atoms with Gasteiger partial charge in [0.25, 0.3) is 5.91 Å². The number of quaternary nitrogens is 1. The summed E-state index contributed by atoms with van der Waals surface area (Å²) in [5.41, 5.74) is 1.23. The smallest absolute Gasteiger partial charge is 0.309 e. The van der Waals surface area contributed by atoms with Crippen molar-refractivity contribution in [3.63, 3.8) is 0 Å². The molecule has 2 rings (SSSR count). The summed E-state index contributed by atoms with van der Waals surface area (Å²) in [6, 6.07) is 6.77. The number of nitrogens with zero attached hydrogens (tertiary/aromatic N) is 1. The van der Waals surface area contributed by atoms with E-state index in [1.54, 1.807) is 24.3 Å². The van der Waals surface area contributed by atoms with Gasteiger partial charge < -0.3 is 25.2 Å². The van der Waals surface area contributed by atoms with Gasteiger partial charge in [-0.3, -0.25) is 19.2 Å².